The Balaban J connectivity index is 1.97. The lowest BCUT2D eigenvalue weighted by atomic mass is 10.0. The maximum Gasteiger partial charge on any atom is 0.335 e. The molecule has 6 nitrogen and oxygen atoms in total. The number of fused-ring (bicyclic) bond motifs is 1. The van der Waals surface area contributed by atoms with E-state index in [0.717, 1.165) is 0 Å². The van der Waals surface area contributed by atoms with Gasteiger partial charge >= 0.3 is 5.97 Å². The fourth-order valence-corrected chi connectivity index (χ4v) is 2.42. The Hall–Kier alpha value is -3.12. The number of para-hydroxylation sites is 1. The van der Waals surface area contributed by atoms with Crippen molar-refractivity contribution in [1.82, 2.24) is 0 Å². The molecular formula is C18H13O6-. The van der Waals surface area contributed by atoms with Crippen molar-refractivity contribution in [3.05, 3.63) is 64.7 Å². The fraction of sp³-hybridized carbons (Fsp3) is 0.111. The van der Waals surface area contributed by atoms with Crippen molar-refractivity contribution in [2.75, 3.05) is 6.79 Å². The van der Waals surface area contributed by atoms with E-state index < -0.39 is 11.8 Å². The van der Waals surface area contributed by atoms with Crippen LogP contribution in [0.1, 0.15) is 31.8 Å². The summed E-state index contributed by atoms with van der Waals surface area (Å²) in [5.41, 5.74) is 1.17. The van der Waals surface area contributed by atoms with Crippen molar-refractivity contribution in [3.63, 3.8) is 0 Å². The second-order valence-electron chi connectivity index (χ2n) is 5.16. The van der Waals surface area contributed by atoms with Crippen LogP contribution in [0.5, 0.6) is 11.5 Å². The van der Waals surface area contributed by atoms with Crippen LogP contribution in [0.2, 0.25) is 0 Å². The summed E-state index contributed by atoms with van der Waals surface area (Å²) in [7, 11) is 0. The number of carbonyl (C=O) groups is 2. The molecule has 1 heterocycles. The molecule has 6 heteroatoms. The minimum absolute atomic E-state index is 0.0532. The lowest BCUT2D eigenvalue weighted by molar-refractivity contribution is -0.268. The molecule has 1 aliphatic heterocycles. The normalized spacial score (nSPS) is 13.3. The molecule has 1 N–H and O–H groups in total. The first-order valence-corrected chi connectivity index (χ1v) is 7.15. The van der Waals surface area contributed by atoms with Crippen molar-refractivity contribution in [2.24, 2.45) is 0 Å². The average Bonchev–Trinajstić information content (AvgIpc) is 2.59. The third kappa shape index (κ3) is 3.13. The maximum atomic E-state index is 12.2. The predicted molar refractivity (Wildman–Crippen MR) is 82.9 cm³/mol. The monoisotopic (exact) mass is 325 g/mol. The Morgan fingerprint density at radius 2 is 2.00 bits per heavy atom. The van der Waals surface area contributed by atoms with Gasteiger partial charge in [0.25, 0.3) is 0 Å². The summed E-state index contributed by atoms with van der Waals surface area (Å²) in [5, 5.41) is 20.9. The number of ether oxygens (including phenoxy) is 2. The van der Waals surface area contributed by atoms with Gasteiger partial charge in [-0.05, 0) is 24.3 Å². The van der Waals surface area contributed by atoms with Crippen molar-refractivity contribution < 1.29 is 29.3 Å². The van der Waals surface area contributed by atoms with E-state index >= 15 is 0 Å². The summed E-state index contributed by atoms with van der Waals surface area (Å²) in [6.45, 7) is 0.284. The quantitative estimate of drug-likeness (QED) is 0.684. The van der Waals surface area contributed by atoms with Crippen LogP contribution in [0, 0.1) is 0 Å². The number of rotatable bonds is 4. The van der Waals surface area contributed by atoms with Gasteiger partial charge in [-0.2, -0.15) is 0 Å². The molecule has 24 heavy (non-hydrogen) atoms. The molecule has 0 radical (unpaired) electrons. The standard InChI is InChI=1S/C18H14O6/c19-15-4-2-1-3-14(15)16(20)6-5-11-7-12(18(21)22)8-13-9-23-10-24-17(11)13/h1-8,19H,9-10H2,(H,21,22)/p-1/b6-5+. The Bertz CT molecular complexity index is 837. The van der Waals surface area contributed by atoms with E-state index in [9.17, 15) is 19.8 Å². The summed E-state index contributed by atoms with van der Waals surface area (Å²) in [6.07, 6.45) is 2.68. The second-order valence-corrected chi connectivity index (χ2v) is 5.16. The lowest BCUT2D eigenvalue weighted by Gasteiger charge is -2.20. The lowest BCUT2D eigenvalue weighted by Crippen LogP contribution is -2.13. The third-order valence-electron chi connectivity index (χ3n) is 3.55. The van der Waals surface area contributed by atoms with E-state index in [1.165, 1.54) is 36.4 Å². The topological polar surface area (TPSA) is 95.9 Å². The van der Waals surface area contributed by atoms with Crippen LogP contribution in [0.25, 0.3) is 6.08 Å². The Kier molecular flexibility index (Phi) is 4.31. The SMILES string of the molecule is O=C(O)c1cc(/C=C/C(=O)c2ccccc2[O-])c2c(c1)COCO2. The minimum Gasteiger partial charge on any atom is -0.872 e. The molecule has 1 aliphatic rings. The largest absolute Gasteiger partial charge is 0.872 e. The third-order valence-corrected chi connectivity index (χ3v) is 3.55. The second kappa shape index (κ2) is 6.55. The molecule has 122 valence electrons. The van der Waals surface area contributed by atoms with Crippen LogP contribution in [0.15, 0.2) is 42.5 Å². The number of ketones is 1. The van der Waals surface area contributed by atoms with Gasteiger partial charge in [0.15, 0.2) is 12.6 Å². The van der Waals surface area contributed by atoms with Gasteiger partial charge in [0.2, 0.25) is 0 Å². The molecular weight excluding hydrogens is 312 g/mol. The van der Waals surface area contributed by atoms with Gasteiger partial charge in [0.1, 0.15) is 5.75 Å². The number of carboxylic acids is 1. The maximum absolute atomic E-state index is 12.2. The molecule has 0 saturated carbocycles. The number of hydrogen-bond acceptors (Lipinski definition) is 5. The van der Waals surface area contributed by atoms with Crippen molar-refractivity contribution in [2.45, 2.75) is 6.61 Å². The van der Waals surface area contributed by atoms with Crippen molar-refractivity contribution in [3.8, 4) is 11.5 Å². The summed E-state index contributed by atoms with van der Waals surface area (Å²) in [4.78, 5) is 23.4. The Morgan fingerprint density at radius 1 is 1.21 bits per heavy atom. The van der Waals surface area contributed by atoms with E-state index in [0.29, 0.717) is 16.9 Å². The first kappa shape index (κ1) is 15.8. The van der Waals surface area contributed by atoms with Gasteiger partial charge in [-0.3, -0.25) is 4.79 Å². The number of benzene rings is 2. The van der Waals surface area contributed by atoms with E-state index in [1.54, 1.807) is 12.1 Å². The summed E-state index contributed by atoms with van der Waals surface area (Å²) in [5.74, 6) is -1.43. The van der Waals surface area contributed by atoms with E-state index in [-0.39, 0.29) is 30.3 Å². The number of carboxylic acid groups (broad SMARTS) is 1. The minimum atomic E-state index is -1.09. The Morgan fingerprint density at radius 3 is 2.75 bits per heavy atom. The number of hydrogen-bond donors (Lipinski definition) is 1. The Labute approximate surface area is 137 Å². The summed E-state index contributed by atoms with van der Waals surface area (Å²) >= 11 is 0. The fourth-order valence-electron chi connectivity index (χ4n) is 2.42. The highest BCUT2D eigenvalue weighted by atomic mass is 16.7. The van der Waals surface area contributed by atoms with Crippen molar-refractivity contribution in [1.29, 1.82) is 0 Å². The number of allylic oxidation sites excluding steroid dienone is 1. The molecule has 0 fully saturated rings. The van der Waals surface area contributed by atoms with E-state index in [2.05, 4.69) is 0 Å². The van der Waals surface area contributed by atoms with Crippen LogP contribution in [0.3, 0.4) is 0 Å². The van der Waals surface area contributed by atoms with E-state index in [4.69, 9.17) is 9.47 Å². The highest BCUT2D eigenvalue weighted by molar-refractivity contribution is 6.08. The van der Waals surface area contributed by atoms with Crippen LogP contribution in [-0.4, -0.2) is 23.7 Å². The zero-order valence-corrected chi connectivity index (χ0v) is 12.5. The average molecular weight is 325 g/mol. The van der Waals surface area contributed by atoms with Gasteiger partial charge in [0.05, 0.1) is 12.2 Å². The molecule has 0 atom stereocenters. The molecule has 0 bridgehead atoms. The predicted octanol–water partition coefficient (Wildman–Crippen LogP) is 2.22. The summed E-state index contributed by atoms with van der Waals surface area (Å²) in [6, 6.07) is 8.82. The molecule has 0 aliphatic carbocycles. The zero-order valence-electron chi connectivity index (χ0n) is 12.5. The van der Waals surface area contributed by atoms with Crippen LogP contribution < -0.4 is 9.84 Å². The highest BCUT2D eigenvalue weighted by Gasteiger charge is 2.18. The van der Waals surface area contributed by atoms with Gasteiger partial charge < -0.3 is 19.7 Å². The zero-order chi connectivity index (χ0) is 17.1. The van der Waals surface area contributed by atoms with Crippen molar-refractivity contribution >= 4 is 17.8 Å². The molecule has 0 saturated heterocycles. The molecule has 0 amide bonds. The van der Waals surface area contributed by atoms with Crippen LogP contribution >= 0.6 is 0 Å². The molecule has 0 aromatic heterocycles. The molecule has 2 aromatic carbocycles. The van der Waals surface area contributed by atoms with E-state index in [1.807, 2.05) is 0 Å². The van der Waals surface area contributed by atoms with Gasteiger partial charge in [-0.15, -0.1) is 0 Å². The van der Waals surface area contributed by atoms with Gasteiger partial charge in [0, 0.05) is 16.7 Å². The smallest absolute Gasteiger partial charge is 0.335 e. The van der Waals surface area contributed by atoms with Gasteiger partial charge in [-0.25, -0.2) is 4.79 Å². The number of carbonyl (C=O) groups excluding carboxylic acids is 1. The highest BCUT2D eigenvalue weighted by Crippen LogP contribution is 2.31. The molecule has 0 spiro atoms. The number of aromatic carboxylic acids is 1. The molecule has 0 unspecified atom stereocenters. The van der Waals surface area contributed by atoms with Crippen LogP contribution in [0.4, 0.5) is 0 Å². The molecule has 2 aromatic rings. The molecule has 3 rings (SSSR count). The van der Waals surface area contributed by atoms with Crippen LogP contribution in [-0.2, 0) is 11.3 Å². The first-order valence-electron chi connectivity index (χ1n) is 7.15. The first-order chi connectivity index (χ1) is 11.6. The van der Waals surface area contributed by atoms with Gasteiger partial charge in [-0.1, -0.05) is 30.0 Å². The summed E-state index contributed by atoms with van der Waals surface area (Å²) < 4.78 is 10.6.